The summed E-state index contributed by atoms with van der Waals surface area (Å²) in [5.41, 5.74) is 0.570. The van der Waals surface area contributed by atoms with Gasteiger partial charge in [0.05, 0.1) is 5.69 Å². The van der Waals surface area contributed by atoms with Gasteiger partial charge in [-0.15, -0.1) is 0 Å². The Morgan fingerprint density at radius 3 is 2.43 bits per heavy atom. The highest BCUT2D eigenvalue weighted by atomic mass is 35.5. The summed E-state index contributed by atoms with van der Waals surface area (Å²) in [4.78, 5) is 11.9. The Labute approximate surface area is 128 Å². The highest BCUT2D eigenvalue weighted by Crippen LogP contribution is 2.26. The van der Waals surface area contributed by atoms with Crippen LogP contribution in [-0.4, -0.2) is 19.9 Å². The van der Waals surface area contributed by atoms with Crippen molar-refractivity contribution in [3.8, 4) is 5.75 Å². The first-order chi connectivity index (χ1) is 9.95. The van der Waals surface area contributed by atoms with E-state index in [9.17, 15) is 18.7 Å². The zero-order valence-electron chi connectivity index (χ0n) is 10.5. The number of phenolic OH excluding ortho intramolecular Hbond substituents is 1. The first-order valence-electron chi connectivity index (χ1n) is 5.71. The lowest BCUT2D eigenvalue weighted by atomic mass is 10.3. The van der Waals surface area contributed by atoms with Crippen LogP contribution in [0.5, 0.6) is 5.75 Å². The van der Waals surface area contributed by atoms with E-state index in [1.807, 2.05) is 0 Å². The minimum Gasteiger partial charge on any atom is -0.768 e. The summed E-state index contributed by atoms with van der Waals surface area (Å²) in [5.74, 6) is -0.119. The molecule has 110 valence electrons. The molecule has 1 atom stereocenters. The first-order valence-corrected chi connectivity index (χ1v) is 7.17. The molecule has 0 heterocycles. The maximum absolute atomic E-state index is 11.8. The average Bonchev–Trinajstić information content (AvgIpc) is 2.43. The van der Waals surface area contributed by atoms with Crippen molar-refractivity contribution in [1.82, 2.24) is 0 Å². The summed E-state index contributed by atoms with van der Waals surface area (Å²) in [6.45, 7) is 0. The number of anilines is 2. The van der Waals surface area contributed by atoms with Gasteiger partial charge in [-0.05, 0) is 53.5 Å². The highest BCUT2D eigenvalue weighted by Gasteiger charge is 2.07. The van der Waals surface area contributed by atoms with Crippen molar-refractivity contribution in [3.63, 3.8) is 0 Å². The van der Waals surface area contributed by atoms with Crippen molar-refractivity contribution in [1.29, 1.82) is 0 Å². The van der Waals surface area contributed by atoms with Crippen LogP contribution in [0.1, 0.15) is 0 Å². The van der Waals surface area contributed by atoms with Crippen molar-refractivity contribution in [2.45, 2.75) is 4.90 Å². The zero-order valence-corrected chi connectivity index (χ0v) is 12.1. The van der Waals surface area contributed by atoms with Gasteiger partial charge in [0.15, 0.2) is 0 Å². The largest absolute Gasteiger partial charge is 0.768 e. The van der Waals surface area contributed by atoms with E-state index in [-0.39, 0.29) is 16.3 Å². The first kappa shape index (κ1) is 15.3. The zero-order chi connectivity index (χ0) is 15.4. The number of hydrogen-bond donors (Lipinski definition) is 3. The molecule has 21 heavy (non-hydrogen) atoms. The molecule has 2 amide bonds. The number of carbonyl (C=O) groups excluding carboxylic acids is 1. The minimum absolute atomic E-state index is 0.119. The number of urea groups is 1. The van der Waals surface area contributed by atoms with Crippen LogP contribution in [-0.2, 0) is 11.1 Å². The maximum Gasteiger partial charge on any atom is 0.323 e. The van der Waals surface area contributed by atoms with Gasteiger partial charge in [-0.1, -0.05) is 11.6 Å². The van der Waals surface area contributed by atoms with Gasteiger partial charge in [0.1, 0.15) is 5.75 Å². The lowest BCUT2D eigenvalue weighted by Crippen LogP contribution is -2.19. The monoisotopic (exact) mass is 325 g/mol. The third-order valence-electron chi connectivity index (χ3n) is 2.51. The van der Waals surface area contributed by atoms with E-state index in [4.69, 9.17) is 11.6 Å². The SMILES string of the molecule is O=C(Nc1ccc(S(=O)[O-])cc1)Nc1cc(Cl)ccc1O. The van der Waals surface area contributed by atoms with Gasteiger partial charge in [0, 0.05) is 15.6 Å². The second kappa shape index (κ2) is 6.57. The number of rotatable bonds is 3. The maximum atomic E-state index is 11.8. The Bertz CT molecular complexity index is 691. The lowest BCUT2D eigenvalue weighted by molar-refractivity contribution is 0.262. The van der Waals surface area contributed by atoms with E-state index < -0.39 is 17.1 Å². The number of phenols is 1. The molecule has 0 aliphatic carbocycles. The summed E-state index contributed by atoms with van der Waals surface area (Å²) >= 11 is 3.45. The molecule has 0 aliphatic rings. The van der Waals surface area contributed by atoms with Crippen LogP contribution in [0.25, 0.3) is 0 Å². The Morgan fingerprint density at radius 1 is 1.14 bits per heavy atom. The van der Waals surface area contributed by atoms with Crippen molar-refractivity contribution >= 4 is 40.1 Å². The van der Waals surface area contributed by atoms with E-state index in [0.29, 0.717) is 10.7 Å². The second-order valence-electron chi connectivity index (χ2n) is 4.00. The molecule has 0 saturated carbocycles. The quantitative estimate of drug-likeness (QED) is 0.596. The smallest absolute Gasteiger partial charge is 0.323 e. The van der Waals surface area contributed by atoms with Gasteiger partial charge >= 0.3 is 6.03 Å². The van der Waals surface area contributed by atoms with Crippen molar-refractivity contribution < 1.29 is 18.7 Å². The van der Waals surface area contributed by atoms with Crippen molar-refractivity contribution in [3.05, 3.63) is 47.5 Å². The highest BCUT2D eigenvalue weighted by molar-refractivity contribution is 7.79. The molecule has 0 saturated heterocycles. The number of nitrogens with one attached hydrogen (secondary N) is 2. The Hall–Kier alpha value is -2.09. The third kappa shape index (κ3) is 4.19. The number of hydrogen-bond acceptors (Lipinski definition) is 4. The van der Waals surface area contributed by atoms with Crippen LogP contribution >= 0.6 is 11.6 Å². The molecule has 2 aromatic rings. The number of amides is 2. The molecule has 0 aromatic heterocycles. The lowest BCUT2D eigenvalue weighted by Gasteiger charge is -2.10. The summed E-state index contributed by atoms with van der Waals surface area (Å²) in [6.07, 6.45) is 0. The van der Waals surface area contributed by atoms with Gasteiger partial charge in [-0.3, -0.25) is 4.21 Å². The number of benzene rings is 2. The fraction of sp³-hybridized carbons (Fsp3) is 0. The van der Waals surface area contributed by atoms with Crippen molar-refractivity contribution in [2.24, 2.45) is 0 Å². The molecule has 6 nitrogen and oxygen atoms in total. The molecule has 0 fully saturated rings. The molecule has 8 heteroatoms. The molecule has 2 rings (SSSR count). The molecular weight excluding hydrogens is 316 g/mol. The Morgan fingerprint density at radius 2 is 1.81 bits per heavy atom. The number of carbonyl (C=O) groups is 1. The van der Waals surface area contributed by atoms with Crippen LogP contribution in [0.2, 0.25) is 5.02 Å². The fourth-order valence-electron chi connectivity index (χ4n) is 1.54. The molecular formula is C13H10ClN2O4S-. The van der Waals surface area contributed by atoms with E-state index in [2.05, 4.69) is 10.6 Å². The normalized spacial score (nSPS) is 11.7. The van der Waals surface area contributed by atoms with Crippen LogP contribution < -0.4 is 10.6 Å². The van der Waals surface area contributed by atoms with Gasteiger partial charge < -0.3 is 20.3 Å². The molecule has 3 N–H and O–H groups in total. The summed E-state index contributed by atoms with van der Waals surface area (Å²) in [7, 11) is 0. The molecule has 0 radical (unpaired) electrons. The van der Waals surface area contributed by atoms with E-state index >= 15 is 0 Å². The van der Waals surface area contributed by atoms with E-state index in [1.165, 1.54) is 42.5 Å². The standard InChI is InChI=1S/C13H11ClN2O4S/c14-8-1-6-12(17)11(7-8)16-13(18)15-9-2-4-10(5-3-9)21(19)20/h1-7,17H,(H,19,20)(H2,15,16,18)/p-1. The summed E-state index contributed by atoms with van der Waals surface area (Å²) in [5, 5.41) is 14.9. The van der Waals surface area contributed by atoms with Crippen molar-refractivity contribution in [2.75, 3.05) is 10.6 Å². The molecule has 2 aromatic carbocycles. The molecule has 0 bridgehead atoms. The van der Waals surface area contributed by atoms with Crippen LogP contribution in [0.3, 0.4) is 0 Å². The van der Waals surface area contributed by atoms with Gasteiger partial charge in [0.2, 0.25) is 0 Å². The molecule has 0 aliphatic heterocycles. The average molecular weight is 326 g/mol. The van der Waals surface area contributed by atoms with E-state index in [1.54, 1.807) is 0 Å². The van der Waals surface area contributed by atoms with Crippen LogP contribution in [0, 0.1) is 0 Å². The topological polar surface area (TPSA) is 101 Å². The number of aromatic hydroxyl groups is 1. The Balaban J connectivity index is 2.04. The van der Waals surface area contributed by atoms with Gasteiger partial charge in [-0.2, -0.15) is 0 Å². The summed E-state index contributed by atoms with van der Waals surface area (Å²) in [6, 6.07) is 9.26. The molecule has 1 unspecified atom stereocenters. The predicted molar refractivity (Wildman–Crippen MR) is 79.4 cm³/mol. The van der Waals surface area contributed by atoms with Crippen LogP contribution in [0.15, 0.2) is 47.4 Å². The number of halogens is 1. The van der Waals surface area contributed by atoms with Crippen LogP contribution in [0.4, 0.5) is 16.2 Å². The van der Waals surface area contributed by atoms with Gasteiger partial charge in [-0.25, -0.2) is 4.79 Å². The van der Waals surface area contributed by atoms with Gasteiger partial charge in [0.25, 0.3) is 0 Å². The second-order valence-corrected chi connectivity index (χ2v) is 5.38. The Kier molecular flexibility index (Phi) is 4.79. The minimum atomic E-state index is -2.31. The third-order valence-corrected chi connectivity index (χ3v) is 3.40. The van der Waals surface area contributed by atoms with E-state index in [0.717, 1.165) is 0 Å². The fourth-order valence-corrected chi connectivity index (χ4v) is 2.07. The predicted octanol–water partition coefficient (Wildman–Crippen LogP) is 2.93. The molecule has 0 spiro atoms. The summed E-state index contributed by atoms with van der Waals surface area (Å²) < 4.78 is 21.4.